The molecule has 4 amide bonds. The molecule has 184 valence electrons. The number of carbonyl (C=O) groups excluding carboxylic acids is 3. The van der Waals surface area contributed by atoms with E-state index in [0.29, 0.717) is 42.1 Å². The summed E-state index contributed by atoms with van der Waals surface area (Å²) in [6, 6.07) is 21.4. The lowest BCUT2D eigenvalue weighted by Gasteiger charge is -2.31. The van der Waals surface area contributed by atoms with Gasteiger partial charge in [-0.2, -0.15) is 0 Å². The molecule has 5 rings (SSSR count). The summed E-state index contributed by atoms with van der Waals surface area (Å²) < 4.78 is 10.8. The van der Waals surface area contributed by atoms with E-state index >= 15 is 0 Å². The molecule has 0 atom stereocenters. The van der Waals surface area contributed by atoms with E-state index in [1.807, 2.05) is 48.5 Å². The number of fused-ring (bicyclic) bond motifs is 1. The number of nitrogens with one attached hydrogen (secondary N) is 1. The van der Waals surface area contributed by atoms with Gasteiger partial charge in [-0.15, -0.1) is 0 Å². The Morgan fingerprint density at radius 2 is 1.44 bits per heavy atom. The van der Waals surface area contributed by atoms with Crippen molar-refractivity contribution in [3.05, 3.63) is 95.1 Å². The maximum atomic E-state index is 13.9. The van der Waals surface area contributed by atoms with Gasteiger partial charge in [-0.1, -0.05) is 60.7 Å². The largest absolute Gasteiger partial charge is 0.493 e. The molecule has 8 heteroatoms. The van der Waals surface area contributed by atoms with Gasteiger partial charge in [0.2, 0.25) is 5.91 Å². The monoisotopic (exact) mass is 485 g/mol. The summed E-state index contributed by atoms with van der Waals surface area (Å²) >= 11 is 0. The van der Waals surface area contributed by atoms with Crippen molar-refractivity contribution in [2.24, 2.45) is 0 Å². The summed E-state index contributed by atoms with van der Waals surface area (Å²) in [7, 11) is 3.16. The van der Waals surface area contributed by atoms with E-state index in [1.54, 1.807) is 43.4 Å². The number of urea groups is 1. The van der Waals surface area contributed by atoms with Crippen LogP contribution in [0.4, 0.5) is 4.79 Å². The van der Waals surface area contributed by atoms with Gasteiger partial charge in [-0.25, -0.2) is 4.79 Å². The molecule has 3 aromatic rings. The molecule has 0 unspecified atom stereocenters. The normalized spacial score (nSPS) is 16.4. The second kappa shape index (κ2) is 9.37. The molecular formula is C28H27N3O5. The third-order valence-corrected chi connectivity index (χ3v) is 6.88. The number of hydrogen-bond acceptors (Lipinski definition) is 5. The second-order valence-corrected chi connectivity index (χ2v) is 8.84. The Morgan fingerprint density at radius 1 is 0.889 bits per heavy atom. The van der Waals surface area contributed by atoms with Crippen molar-refractivity contribution in [1.82, 2.24) is 15.1 Å². The Balaban J connectivity index is 1.40. The van der Waals surface area contributed by atoms with E-state index in [4.69, 9.17) is 9.47 Å². The maximum absolute atomic E-state index is 13.9. The van der Waals surface area contributed by atoms with Crippen LogP contribution in [0.25, 0.3) is 0 Å². The first kappa shape index (κ1) is 23.4. The van der Waals surface area contributed by atoms with Gasteiger partial charge in [-0.3, -0.25) is 14.5 Å². The summed E-state index contributed by atoms with van der Waals surface area (Å²) in [5, 5.41) is 2.89. The topological polar surface area (TPSA) is 88.2 Å². The van der Waals surface area contributed by atoms with Crippen LogP contribution in [0.2, 0.25) is 0 Å². The van der Waals surface area contributed by atoms with Crippen molar-refractivity contribution >= 4 is 17.8 Å². The Morgan fingerprint density at radius 3 is 2.00 bits per heavy atom. The van der Waals surface area contributed by atoms with Crippen LogP contribution in [0.3, 0.4) is 0 Å². The van der Waals surface area contributed by atoms with Gasteiger partial charge in [0.05, 0.1) is 14.2 Å². The Labute approximate surface area is 209 Å². The molecule has 8 nitrogen and oxygen atoms in total. The Bertz CT molecular complexity index is 1270. The predicted octanol–water partition coefficient (Wildman–Crippen LogP) is 3.08. The van der Waals surface area contributed by atoms with Crippen LogP contribution in [0.15, 0.2) is 72.8 Å². The van der Waals surface area contributed by atoms with Crippen LogP contribution >= 0.6 is 0 Å². The minimum absolute atomic E-state index is 0.296. The average Bonchev–Trinajstić information content (AvgIpc) is 3.18. The van der Waals surface area contributed by atoms with Gasteiger partial charge < -0.3 is 19.7 Å². The lowest BCUT2D eigenvalue weighted by molar-refractivity contribution is -0.139. The molecule has 3 aromatic carbocycles. The van der Waals surface area contributed by atoms with Crippen molar-refractivity contribution in [1.29, 1.82) is 0 Å². The van der Waals surface area contributed by atoms with E-state index in [-0.39, 0.29) is 12.5 Å². The van der Waals surface area contributed by atoms with Crippen LogP contribution in [0, 0.1) is 0 Å². The molecule has 2 heterocycles. The molecule has 36 heavy (non-hydrogen) atoms. The minimum Gasteiger partial charge on any atom is -0.493 e. The molecule has 0 saturated carbocycles. The summed E-state index contributed by atoms with van der Waals surface area (Å²) in [5.74, 6) is 0.474. The molecule has 2 aliphatic heterocycles. The molecule has 0 aliphatic carbocycles. The quantitative estimate of drug-likeness (QED) is 0.542. The fraction of sp³-hybridized carbons (Fsp3) is 0.250. The minimum atomic E-state index is -1.39. The number of nitrogens with zero attached hydrogens (tertiary/aromatic N) is 2. The van der Waals surface area contributed by atoms with E-state index in [2.05, 4.69) is 5.32 Å². The van der Waals surface area contributed by atoms with Crippen molar-refractivity contribution in [2.75, 3.05) is 27.3 Å². The summed E-state index contributed by atoms with van der Waals surface area (Å²) in [6.07, 6.45) is 0.638. The fourth-order valence-electron chi connectivity index (χ4n) is 4.99. The molecule has 1 saturated heterocycles. The lowest BCUT2D eigenvalue weighted by Crippen LogP contribution is -2.47. The first-order chi connectivity index (χ1) is 17.5. The van der Waals surface area contributed by atoms with Crippen LogP contribution in [-0.4, -0.2) is 55.0 Å². The van der Waals surface area contributed by atoms with Crippen molar-refractivity contribution < 1.29 is 23.9 Å². The van der Waals surface area contributed by atoms with Gasteiger partial charge in [0, 0.05) is 13.1 Å². The molecule has 2 aliphatic rings. The van der Waals surface area contributed by atoms with E-state index in [1.165, 1.54) is 0 Å². The summed E-state index contributed by atoms with van der Waals surface area (Å²) in [5.41, 5.74) is 1.92. The SMILES string of the molecule is COc1cc2c(cc1OC)CN(C(=O)CN1C(=O)NC(c3ccccc3)(c3ccccc3)C1=O)CC2. The zero-order valence-corrected chi connectivity index (χ0v) is 20.2. The highest BCUT2D eigenvalue weighted by molar-refractivity contribution is 6.11. The molecular weight excluding hydrogens is 458 g/mol. The van der Waals surface area contributed by atoms with E-state index in [0.717, 1.165) is 16.0 Å². The zero-order valence-electron chi connectivity index (χ0n) is 20.2. The zero-order chi connectivity index (χ0) is 25.3. The van der Waals surface area contributed by atoms with Gasteiger partial charge in [0.25, 0.3) is 5.91 Å². The Kier molecular flexibility index (Phi) is 6.10. The smallest absolute Gasteiger partial charge is 0.326 e. The number of rotatable bonds is 6. The molecule has 0 bridgehead atoms. The van der Waals surface area contributed by atoms with Gasteiger partial charge in [0.1, 0.15) is 6.54 Å². The highest BCUT2D eigenvalue weighted by Gasteiger charge is 2.54. The lowest BCUT2D eigenvalue weighted by atomic mass is 9.82. The number of hydrogen-bond donors (Lipinski definition) is 1. The van der Waals surface area contributed by atoms with Crippen LogP contribution < -0.4 is 14.8 Å². The average molecular weight is 486 g/mol. The number of carbonyl (C=O) groups is 3. The third-order valence-electron chi connectivity index (χ3n) is 6.88. The number of amides is 4. The summed E-state index contributed by atoms with van der Waals surface area (Å²) in [6.45, 7) is 0.503. The number of methoxy groups -OCH3 is 2. The predicted molar refractivity (Wildman–Crippen MR) is 133 cm³/mol. The summed E-state index contributed by atoms with van der Waals surface area (Å²) in [4.78, 5) is 43.0. The van der Waals surface area contributed by atoms with Crippen LogP contribution in [0.5, 0.6) is 11.5 Å². The first-order valence-electron chi connectivity index (χ1n) is 11.7. The standard InChI is InChI=1S/C28H27N3O5/c1-35-23-15-19-13-14-30(17-20(19)16-24(23)36-2)25(32)18-31-26(33)28(29-27(31)34,21-9-5-3-6-10-21)22-11-7-4-8-12-22/h3-12,15-16H,13-14,17-18H2,1-2H3,(H,29,34). The molecule has 1 N–H and O–H groups in total. The van der Waals surface area contributed by atoms with Crippen LogP contribution in [0.1, 0.15) is 22.3 Å². The molecule has 1 fully saturated rings. The molecule has 0 radical (unpaired) electrons. The Hall–Kier alpha value is -4.33. The van der Waals surface area contributed by atoms with E-state index in [9.17, 15) is 14.4 Å². The molecule has 0 spiro atoms. The van der Waals surface area contributed by atoms with Crippen LogP contribution in [-0.2, 0) is 28.1 Å². The number of imide groups is 1. The van der Waals surface area contributed by atoms with Crippen molar-refractivity contribution in [3.63, 3.8) is 0 Å². The first-order valence-corrected chi connectivity index (χ1v) is 11.7. The fourth-order valence-corrected chi connectivity index (χ4v) is 4.99. The van der Waals surface area contributed by atoms with Gasteiger partial charge in [-0.05, 0) is 40.8 Å². The highest BCUT2D eigenvalue weighted by atomic mass is 16.5. The molecule has 0 aromatic heterocycles. The van der Waals surface area contributed by atoms with Crippen molar-refractivity contribution in [3.8, 4) is 11.5 Å². The number of ether oxygens (including phenoxy) is 2. The maximum Gasteiger partial charge on any atom is 0.326 e. The van der Waals surface area contributed by atoms with E-state index < -0.39 is 17.5 Å². The second-order valence-electron chi connectivity index (χ2n) is 8.84. The van der Waals surface area contributed by atoms with Gasteiger partial charge in [0.15, 0.2) is 17.0 Å². The number of benzene rings is 3. The highest BCUT2D eigenvalue weighted by Crippen LogP contribution is 2.36. The third kappa shape index (κ3) is 3.84. The van der Waals surface area contributed by atoms with Gasteiger partial charge >= 0.3 is 6.03 Å². The van der Waals surface area contributed by atoms with Crippen molar-refractivity contribution in [2.45, 2.75) is 18.5 Å².